The van der Waals surface area contributed by atoms with E-state index in [0.29, 0.717) is 16.6 Å². The van der Waals surface area contributed by atoms with E-state index in [9.17, 15) is 4.79 Å². The number of carbonyl (C=O) groups excluding carboxylic acids is 1. The lowest BCUT2D eigenvalue weighted by molar-refractivity contribution is -0.116. The highest BCUT2D eigenvalue weighted by atomic mass is 32.2. The first-order valence-corrected chi connectivity index (χ1v) is 5.66. The van der Waals surface area contributed by atoms with Crippen LogP contribution in [0.15, 0.2) is 35.2 Å². The summed E-state index contributed by atoms with van der Waals surface area (Å²) in [4.78, 5) is 23.6. The van der Waals surface area contributed by atoms with Gasteiger partial charge in [0.1, 0.15) is 12.7 Å². The molecule has 1 amide bonds. The van der Waals surface area contributed by atoms with Crippen LogP contribution in [0.2, 0.25) is 0 Å². The molecule has 0 saturated carbocycles. The summed E-state index contributed by atoms with van der Waals surface area (Å²) in [6.45, 7) is 5.36. The standard InChI is InChI=1S/C10H13N5OS/c1-4-17-8(9(16)11-3)7(2)15-10-13-5-12-6-14-10/h4-6H,1H2,2-3H3,(H,11,16)(H,12,13,14,15)/b8-7+. The first-order valence-electron chi connectivity index (χ1n) is 4.78. The number of aromatic nitrogens is 3. The van der Waals surface area contributed by atoms with Crippen LogP contribution in [-0.2, 0) is 4.79 Å². The molecule has 1 aromatic rings. The van der Waals surface area contributed by atoms with Crippen LogP contribution in [0.25, 0.3) is 0 Å². The molecule has 2 N–H and O–H groups in total. The molecule has 1 aromatic heterocycles. The Hall–Kier alpha value is -1.89. The number of rotatable bonds is 5. The zero-order valence-corrected chi connectivity index (χ0v) is 10.4. The van der Waals surface area contributed by atoms with E-state index in [2.05, 4.69) is 32.2 Å². The molecule has 17 heavy (non-hydrogen) atoms. The predicted octanol–water partition coefficient (Wildman–Crippen LogP) is 1.14. The van der Waals surface area contributed by atoms with Gasteiger partial charge in [0.25, 0.3) is 5.91 Å². The Kier molecular flexibility index (Phi) is 5.15. The van der Waals surface area contributed by atoms with E-state index in [1.165, 1.54) is 24.4 Å². The average molecular weight is 251 g/mol. The minimum Gasteiger partial charge on any atom is -0.355 e. The summed E-state index contributed by atoms with van der Waals surface area (Å²) in [5.74, 6) is 0.206. The fourth-order valence-corrected chi connectivity index (χ4v) is 1.64. The van der Waals surface area contributed by atoms with Gasteiger partial charge in [0, 0.05) is 12.7 Å². The summed E-state index contributed by atoms with van der Waals surface area (Å²) < 4.78 is 0. The van der Waals surface area contributed by atoms with Crippen molar-refractivity contribution < 1.29 is 4.79 Å². The topological polar surface area (TPSA) is 79.8 Å². The molecule has 90 valence electrons. The molecule has 7 heteroatoms. The summed E-state index contributed by atoms with van der Waals surface area (Å²) in [7, 11) is 1.57. The summed E-state index contributed by atoms with van der Waals surface area (Å²) in [6.07, 6.45) is 2.76. The van der Waals surface area contributed by atoms with Gasteiger partial charge in [-0.05, 0) is 12.3 Å². The first-order chi connectivity index (χ1) is 8.19. The van der Waals surface area contributed by atoms with Crippen LogP contribution >= 0.6 is 11.8 Å². The third-order valence-corrected chi connectivity index (χ3v) is 2.66. The Balaban J connectivity index is 2.91. The van der Waals surface area contributed by atoms with E-state index in [4.69, 9.17) is 0 Å². The molecule has 0 aromatic carbocycles. The van der Waals surface area contributed by atoms with Crippen LogP contribution in [0.1, 0.15) is 6.92 Å². The minimum atomic E-state index is -0.186. The van der Waals surface area contributed by atoms with Crippen LogP contribution in [-0.4, -0.2) is 27.9 Å². The number of nitrogens with one attached hydrogen (secondary N) is 2. The molecule has 0 spiro atoms. The van der Waals surface area contributed by atoms with Crippen molar-refractivity contribution in [2.24, 2.45) is 0 Å². The maximum absolute atomic E-state index is 11.6. The fraction of sp³-hybridized carbons (Fsp3) is 0.200. The number of anilines is 1. The molecule has 0 aliphatic carbocycles. The molecule has 1 rings (SSSR count). The van der Waals surface area contributed by atoms with Crippen molar-refractivity contribution >= 4 is 23.6 Å². The third kappa shape index (κ3) is 3.87. The molecule has 0 bridgehead atoms. The summed E-state index contributed by atoms with van der Waals surface area (Å²) in [6, 6.07) is 0. The number of carbonyl (C=O) groups is 1. The molecule has 1 heterocycles. The van der Waals surface area contributed by atoms with Gasteiger partial charge in [0.2, 0.25) is 5.95 Å². The summed E-state index contributed by atoms with van der Waals surface area (Å²) in [5.41, 5.74) is 0.653. The molecule has 6 nitrogen and oxygen atoms in total. The SMILES string of the molecule is C=CS/C(C(=O)NC)=C(\C)Nc1ncncn1. The van der Waals surface area contributed by atoms with Crippen molar-refractivity contribution in [3.63, 3.8) is 0 Å². The molecule has 0 unspecified atom stereocenters. The van der Waals surface area contributed by atoms with E-state index in [0.717, 1.165) is 0 Å². The van der Waals surface area contributed by atoms with Crippen molar-refractivity contribution in [2.75, 3.05) is 12.4 Å². The number of allylic oxidation sites excluding steroid dienone is 1. The van der Waals surface area contributed by atoms with Crippen LogP contribution < -0.4 is 10.6 Å². The van der Waals surface area contributed by atoms with Gasteiger partial charge in [-0.15, -0.1) is 0 Å². The van der Waals surface area contributed by atoms with Crippen LogP contribution in [0.5, 0.6) is 0 Å². The summed E-state index contributed by atoms with van der Waals surface area (Å²) >= 11 is 1.23. The molecule has 0 radical (unpaired) electrons. The van der Waals surface area contributed by atoms with Gasteiger partial charge < -0.3 is 10.6 Å². The van der Waals surface area contributed by atoms with Gasteiger partial charge in [-0.25, -0.2) is 15.0 Å². The second kappa shape index (κ2) is 6.64. The Labute approximate surface area is 104 Å². The smallest absolute Gasteiger partial charge is 0.259 e. The second-order valence-corrected chi connectivity index (χ2v) is 3.88. The van der Waals surface area contributed by atoms with Crippen molar-refractivity contribution in [1.29, 1.82) is 0 Å². The number of amides is 1. The second-order valence-electron chi connectivity index (χ2n) is 2.90. The van der Waals surface area contributed by atoms with Gasteiger partial charge in [0.05, 0.1) is 4.91 Å². The minimum absolute atomic E-state index is 0.186. The lowest BCUT2D eigenvalue weighted by Crippen LogP contribution is -2.21. The highest BCUT2D eigenvalue weighted by Gasteiger charge is 2.11. The maximum Gasteiger partial charge on any atom is 0.259 e. The normalized spacial score (nSPS) is 11.4. The molecular weight excluding hydrogens is 238 g/mol. The Morgan fingerprint density at radius 1 is 1.47 bits per heavy atom. The molecule has 0 aliphatic rings. The monoisotopic (exact) mass is 251 g/mol. The number of nitrogens with zero attached hydrogens (tertiary/aromatic N) is 3. The van der Waals surface area contributed by atoms with Crippen LogP contribution in [0.3, 0.4) is 0 Å². The number of hydrogen-bond acceptors (Lipinski definition) is 6. The molecule has 0 saturated heterocycles. The lowest BCUT2D eigenvalue weighted by Gasteiger charge is -2.09. The fourth-order valence-electron chi connectivity index (χ4n) is 1.04. The molecule has 0 atom stereocenters. The van der Waals surface area contributed by atoms with Gasteiger partial charge in [-0.2, -0.15) is 0 Å². The van der Waals surface area contributed by atoms with Crippen LogP contribution in [0.4, 0.5) is 5.95 Å². The Bertz CT molecular complexity index is 432. The van der Waals surface area contributed by atoms with Crippen molar-refractivity contribution in [3.05, 3.63) is 35.2 Å². The third-order valence-electron chi connectivity index (χ3n) is 1.77. The van der Waals surface area contributed by atoms with Crippen molar-refractivity contribution in [2.45, 2.75) is 6.92 Å². The molecule has 0 fully saturated rings. The largest absolute Gasteiger partial charge is 0.355 e. The lowest BCUT2D eigenvalue weighted by atomic mass is 10.4. The van der Waals surface area contributed by atoms with E-state index in [1.54, 1.807) is 19.4 Å². The average Bonchev–Trinajstić information content (AvgIpc) is 2.36. The van der Waals surface area contributed by atoms with Crippen molar-refractivity contribution in [1.82, 2.24) is 20.3 Å². The van der Waals surface area contributed by atoms with E-state index in [-0.39, 0.29) is 5.91 Å². The summed E-state index contributed by atoms with van der Waals surface area (Å²) in [5, 5.41) is 7.07. The first kappa shape index (κ1) is 13.2. The number of thioether (sulfide) groups is 1. The highest BCUT2D eigenvalue weighted by molar-refractivity contribution is 8.06. The Morgan fingerprint density at radius 3 is 2.65 bits per heavy atom. The van der Waals surface area contributed by atoms with Gasteiger partial charge in [0.15, 0.2) is 0 Å². The molecular formula is C10H13N5OS. The van der Waals surface area contributed by atoms with Crippen molar-refractivity contribution in [3.8, 4) is 0 Å². The van der Waals surface area contributed by atoms with Gasteiger partial charge in [-0.1, -0.05) is 18.3 Å². The van der Waals surface area contributed by atoms with E-state index >= 15 is 0 Å². The van der Waals surface area contributed by atoms with Crippen LogP contribution in [0, 0.1) is 0 Å². The highest BCUT2D eigenvalue weighted by Crippen LogP contribution is 2.20. The zero-order valence-electron chi connectivity index (χ0n) is 9.60. The van der Waals surface area contributed by atoms with E-state index < -0.39 is 0 Å². The molecule has 0 aliphatic heterocycles. The van der Waals surface area contributed by atoms with Gasteiger partial charge in [-0.3, -0.25) is 4.79 Å². The Morgan fingerprint density at radius 2 is 2.12 bits per heavy atom. The number of likely N-dealkylation sites (N-methyl/N-ethyl adjacent to an activating group) is 1. The zero-order chi connectivity index (χ0) is 12.7. The van der Waals surface area contributed by atoms with E-state index in [1.807, 2.05) is 0 Å². The predicted molar refractivity (Wildman–Crippen MR) is 68.0 cm³/mol. The maximum atomic E-state index is 11.6. The van der Waals surface area contributed by atoms with Gasteiger partial charge >= 0.3 is 0 Å². The number of hydrogen-bond donors (Lipinski definition) is 2. The quantitative estimate of drug-likeness (QED) is 0.764.